The standard InChI is InChI=1S/C8H18O3.C8H18O2.C6H14O2/c1-2-3-5-10-7-8-11-6-4-9;1-2-3-4-5-7-10-8-6-9;1-2-3-5-8-6-4-7/h9H,2-8H2,1H3;9H,2-8H2,1H3;7H,2-6H2,1H3. The highest BCUT2D eigenvalue weighted by molar-refractivity contribution is 4.38. The average Bonchev–Trinajstić information content (AvgIpc) is 2.74. The normalized spacial score (nSPS) is 10.1. The maximum absolute atomic E-state index is 8.34. The zero-order chi connectivity index (χ0) is 22.3. The zero-order valence-corrected chi connectivity index (χ0v) is 19.4. The highest BCUT2D eigenvalue weighted by Gasteiger charge is 1.88. The molecule has 0 unspecified atom stereocenters. The molecule has 0 atom stereocenters. The van der Waals surface area contributed by atoms with E-state index in [-0.39, 0.29) is 19.8 Å². The molecule has 0 bridgehead atoms. The predicted octanol–water partition coefficient (Wildman–Crippen LogP) is 3.18. The van der Waals surface area contributed by atoms with Crippen LogP contribution in [0.4, 0.5) is 0 Å². The Morgan fingerprint density at radius 1 is 0.379 bits per heavy atom. The van der Waals surface area contributed by atoms with Gasteiger partial charge in [0.1, 0.15) is 0 Å². The molecule has 0 aromatic heterocycles. The van der Waals surface area contributed by atoms with Crippen LogP contribution in [-0.2, 0) is 18.9 Å². The van der Waals surface area contributed by atoms with Crippen LogP contribution in [-0.4, -0.2) is 88.0 Å². The van der Waals surface area contributed by atoms with Gasteiger partial charge in [0.25, 0.3) is 0 Å². The summed E-state index contributed by atoms with van der Waals surface area (Å²) >= 11 is 0. The van der Waals surface area contributed by atoms with Crippen molar-refractivity contribution in [3.05, 3.63) is 0 Å². The topological polar surface area (TPSA) is 97.6 Å². The van der Waals surface area contributed by atoms with Gasteiger partial charge in [-0.2, -0.15) is 0 Å². The fourth-order valence-electron chi connectivity index (χ4n) is 1.84. The second-order valence-electron chi connectivity index (χ2n) is 6.39. The minimum atomic E-state index is 0.0922. The fraction of sp³-hybridized carbons (Fsp3) is 1.00. The molecule has 0 radical (unpaired) electrons. The van der Waals surface area contributed by atoms with Gasteiger partial charge < -0.3 is 34.3 Å². The van der Waals surface area contributed by atoms with E-state index in [0.717, 1.165) is 51.9 Å². The lowest BCUT2D eigenvalue weighted by molar-refractivity contribution is 0.0324. The van der Waals surface area contributed by atoms with Crippen LogP contribution >= 0.6 is 0 Å². The second-order valence-corrected chi connectivity index (χ2v) is 6.39. The number of aliphatic hydroxyl groups excluding tert-OH is 3. The molecule has 0 fully saturated rings. The molecule has 0 aromatic rings. The van der Waals surface area contributed by atoms with E-state index in [0.29, 0.717) is 33.0 Å². The molecule has 29 heavy (non-hydrogen) atoms. The summed E-state index contributed by atoms with van der Waals surface area (Å²) in [4.78, 5) is 0. The molecule has 180 valence electrons. The lowest BCUT2D eigenvalue weighted by Gasteiger charge is -2.02. The van der Waals surface area contributed by atoms with E-state index in [1.807, 2.05) is 0 Å². The molecule has 0 aromatic carbocycles. The van der Waals surface area contributed by atoms with E-state index >= 15 is 0 Å². The minimum absolute atomic E-state index is 0.0922. The Morgan fingerprint density at radius 2 is 0.724 bits per heavy atom. The van der Waals surface area contributed by atoms with Gasteiger partial charge >= 0.3 is 0 Å². The van der Waals surface area contributed by atoms with Crippen LogP contribution in [0.3, 0.4) is 0 Å². The molecule has 0 spiro atoms. The number of unbranched alkanes of at least 4 members (excludes halogenated alkanes) is 5. The van der Waals surface area contributed by atoms with Crippen molar-refractivity contribution in [2.24, 2.45) is 0 Å². The summed E-state index contributed by atoms with van der Waals surface area (Å²) in [5.74, 6) is 0. The lowest BCUT2D eigenvalue weighted by atomic mass is 10.2. The van der Waals surface area contributed by atoms with Gasteiger partial charge in [-0.1, -0.05) is 52.9 Å². The molecular formula is C22H50O7. The van der Waals surface area contributed by atoms with Crippen LogP contribution in [0, 0.1) is 0 Å². The number of hydrogen-bond donors (Lipinski definition) is 3. The number of hydrogen-bond acceptors (Lipinski definition) is 7. The van der Waals surface area contributed by atoms with Gasteiger partial charge in [0, 0.05) is 19.8 Å². The molecule has 3 N–H and O–H groups in total. The third-order valence-electron chi connectivity index (χ3n) is 3.51. The molecule has 7 heteroatoms. The molecular weight excluding hydrogens is 376 g/mol. The average molecular weight is 427 g/mol. The summed E-state index contributed by atoms with van der Waals surface area (Å²) in [7, 11) is 0. The Hall–Kier alpha value is -0.280. The van der Waals surface area contributed by atoms with Crippen LogP contribution in [0.15, 0.2) is 0 Å². The van der Waals surface area contributed by atoms with Crippen LogP contribution in [0.25, 0.3) is 0 Å². The summed E-state index contributed by atoms with van der Waals surface area (Å²) in [5.41, 5.74) is 0. The third kappa shape index (κ3) is 47.2. The highest BCUT2D eigenvalue weighted by Crippen LogP contribution is 1.98. The first-order valence-corrected chi connectivity index (χ1v) is 11.4. The van der Waals surface area contributed by atoms with Crippen molar-refractivity contribution in [1.82, 2.24) is 0 Å². The molecule has 7 nitrogen and oxygen atoms in total. The monoisotopic (exact) mass is 426 g/mol. The van der Waals surface area contributed by atoms with E-state index in [2.05, 4.69) is 20.8 Å². The molecule has 0 amide bonds. The first-order chi connectivity index (χ1) is 14.2. The smallest absolute Gasteiger partial charge is 0.0701 e. The first-order valence-electron chi connectivity index (χ1n) is 11.4. The van der Waals surface area contributed by atoms with E-state index < -0.39 is 0 Å². The Balaban J connectivity index is -0.000000354. The van der Waals surface area contributed by atoms with Gasteiger partial charge in [0.2, 0.25) is 0 Å². The van der Waals surface area contributed by atoms with Crippen molar-refractivity contribution < 1.29 is 34.3 Å². The van der Waals surface area contributed by atoms with E-state index in [1.54, 1.807) is 0 Å². The van der Waals surface area contributed by atoms with E-state index in [9.17, 15) is 0 Å². The second kappa shape index (κ2) is 38.3. The Bertz CT molecular complexity index is 209. The predicted molar refractivity (Wildman–Crippen MR) is 118 cm³/mol. The molecule has 0 aliphatic heterocycles. The van der Waals surface area contributed by atoms with Gasteiger partial charge in [0.15, 0.2) is 0 Å². The van der Waals surface area contributed by atoms with Crippen molar-refractivity contribution in [1.29, 1.82) is 0 Å². The Morgan fingerprint density at radius 3 is 1.10 bits per heavy atom. The minimum Gasteiger partial charge on any atom is -0.394 e. The fourth-order valence-corrected chi connectivity index (χ4v) is 1.84. The lowest BCUT2D eigenvalue weighted by Crippen LogP contribution is -2.07. The van der Waals surface area contributed by atoms with Crippen LogP contribution < -0.4 is 0 Å². The zero-order valence-electron chi connectivity index (χ0n) is 19.4. The SMILES string of the molecule is CCCCCCOCCO.CCCCOCCO.CCCCOCCOCCO. The molecule has 0 aliphatic rings. The summed E-state index contributed by atoms with van der Waals surface area (Å²) in [6.07, 6.45) is 9.47. The number of ether oxygens (including phenoxy) is 4. The quantitative estimate of drug-likeness (QED) is 0.257. The molecule has 0 saturated carbocycles. The van der Waals surface area contributed by atoms with Crippen molar-refractivity contribution in [2.45, 2.75) is 72.1 Å². The number of rotatable bonds is 20. The maximum Gasteiger partial charge on any atom is 0.0701 e. The van der Waals surface area contributed by atoms with E-state index in [1.165, 1.54) is 19.3 Å². The molecule has 0 rings (SSSR count). The van der Waals surface area contributed by atoms with E-state index in [4.69, 9.17) is 34.3 Å². The van der Waals surface area contributed by atoms with Gasteiger partial charge in [-0.3, -0.25) is 0 Å². The van der Waals surface area contributed by atoms with Crippen LogP contribution in [0.1, 0.15) is 72.1 Å². The Labute approximate surface area is 179 Å². The summed E-state index contributed by atoms with van der Waals surface area (Å²) in [5, 5.41) is 24.9. The van der Waals surface area contributed by atoms with Crippen molar-refractivity contribution in [3.63, 3.8) is 0 Å². The van der Waals surface area contributed by atoms with Crippen LogP contribution in [0.2, 0.25) is 0 Å². The van der Waals surface area contributed by atoms with Crippen molar-refractivity contribution in [2.75, 3.05) is 72.7 Å². The first kappa shape index (κ1) is 33.4. The highest BCUT2D eigenvalue weighted by atomic mass is 16.5. The summed E-state index contributed by atoms with van der Waals surface area (Å²) < 4.78 is 20.3. The molecule has 0 heterocycles. The van der Waals surface area contributed by atoms with Gasteiger partial charge in [0.05, 0.1) is 52.9 Å². The van der Waals surface area contributed by atoms with Gasteiger partial charge in [-0.05, 0) is 19.3 Å². The van der Waals surface area contributed by atoms with Crippen molar-refractivity contribution >= 4 is 0 Å². The maximum atomic E-state index is 8.34. The Kier molecular flexibility index (Phi) is 44.1. The largest absolute Gasteiger partial charge is 0.394 e. The molecule has 0 saturated heterocycles. The summed E-state index contributed by atoms with van der Waals surface area (Å²) in [6.45, 7) is 11.8. The van der Waals surface area contributed by atoms with Gasteiger partial charge in [-0.25, -0.2) is 0 Å². The summed E-state index contributed by atoms with van der Waals surface area (Å²) in [6, 6.07) is 0. The van der Waals surface area contributed by atoms with Gasteiger partial charge in [-0.15, -0.1) is 0 Å². The third-order valence-corrected chi connectivity index (χ3v) is 3.51. The number of aliphatic hydroxyl groups is 3. The van der Waals surface area contributed by atoms with Crippen LogP contribution in [0.5, 0.6) is 0 Å². The molecule has 0 aliphatic carbocycles. The van der Waals surface area contributed by atoms with Crippen molar-refractivity contribution in [3.8, 4) is 0 Å².